The van der Waals surface area contributed by atoms with Crippen LogP contribution in [0, 0.1) is 0 Å². The number of carbonyl (C=O) groups is 4. The number of H-pyrrole nitrogens is 1. The summed E-state index contributed by atoms with van der Waals surface area (Å²) in [7, 11) is 0. The summed E-state index contributed by atoms with van der Waals surface area (Å²) < 4.78 is 6.12. The molecule has 0 spiro atoms. The number of nitrogens with two attached hydrogens (primary N) is 1. The maximum Gasteiger partial charge on any atom is 0.356 e. The molecule has 3 heterocycles. The number of fused-ring (bicyclic) bond motifs is 1. The summed E-state index contributed by atoms with van der Waals surface area (Å²) in [5.74, 6) is -1.71. The summed E-state index contributed by atoms with van der Waals surface area (Å²) in [6, 6.07) is 17.9. The number of primary amides is 1. The van der Waals surface area contributed by atoms with Gasteiger partial charge < -0.3 is 20.8 Å². The normalized spacial score (nSPS) is 18.3. The molecular weight excluding hydrogens is 585 g/mol. The molecule has 1 saturated heterocycles. The molecule has 0 unspecified atom stereocenters. The first-order chi connectivity index (χ1) is 19.9. The predicted molar refractivity (Wildman–Crippen MR) is 156 cm³/mol. The molecule has 2 aliphatic heterocycles. The first-order valence-corrected chi connectivity index (χ1v) is 15.2. The Morgan fingerprint density at radius 1 is 1.15 bits per heavy atom. The number of hydrogen-bond acceptors (Lipinski definition) is 10. The molecule has 0 radical (unpaired) electrons. The second-order valence-electron chi connectivity index (χ2n) is 8.75. The summed E-state index contributed by atoms with van der Waals surface area (Å²) >= 11 is 3.70. The van der Waals surface area contributed by atoms with Crippen LogP contribution in [0.5, 0.6) is 0 Å². The summed E-state index contributed by atoms with van der Waals surface area (Å²) in [6.45, 7) is 0. The SMILES string of the molecule is NC(=O)/C=C/SCC(=O)N[C@@H]1C(=O)N2C(C(=O)OC(c3ccccc3)c3ccccc3)=C(Sc3nnc[nH]3)CS[C@H]12. The summed E-state index contributed by atoms with van der Waals surface area (Å²) in [6.07, 6.45) is 1.87. The number of thioether (sulfide) groups is 3. The van der Waals surface area contributed by atoms with Gasteiger partial charge in [-0.25, -0.2) is 4.79 Å². The van der Waals surface area contributed by atoms with Gasteiger partial charge in [-0.05, 0) is 16.5 Å². The zero-order valence-corrected chi connectivity index (χ0v) is 23.8. The first kappa shape index (κ1) is 28.5. The maximum atomic E-state index is 13.9. The minimum Gasteiger partial charge on any atom is -0.448 e. The van der Waals surface area contributed by atoms with Crippen molar-refractivity contribution >= 4 is 59.0 Å². The average Bonchev–Trinajstić information content (AvgIpc) is 3.50. The van der Waals surface area contributed by atoms with E-state index in [0.29, 0.717) is 15.8 Å². The van der Waals surface area contributed by atoms with Crippen LogP contribution >= 0.6 is 35.3 Å². The number of aromatic nitrogens is 3. The molecule has 2 aliphatic rings. The van der Waals surface area contributed by atoms with Crippen LogP contribution in [-0.4, -0.2) is 66.7 Å². The van der Waals surface area contributed by atoms with Gasteiger partial charge in [-0.3, -0.25) is 19.3 Å². The summed E-state index contributed by atoms with van der Waals surface area (Å²) in [4.78, 5) is 55.5. The topological polar surface area (TPSA) is 160 Å². The second-order valence-corrected chi connectivity index (χ2v) is 11.8. The largest absolute Gasteiger partial charge is 0.448 e. The van der Waals surface area contributed by atoms with Gasteiger partial charge in [0.05, 0.1) is 5.75 Å². The van der Waals surface area contributed by atoms with E-state index < -0.39 is 35.3 Å². The van der Waals surface area contributed by atoms with E-state index in [0.717, 1.165) is 29.0 Å². The zero-order valence-electron chi connectivity index (χ0n) is 21.3. The highest BCUT2D eigenvalue weighted by Crippen LogP contribution is 2.45. The first-order valence-electron chi connectivity index (χ1n) is 12.3. The van der Waals surface area contributed by atoms with Crippen molar-refractivity contribution in [2.75, 3.05) is 11.5 Å². The Hall–Kier alpha value is -4.01. The average molecular weight is 609 g/mol. The molecule has 3 amide bonds. The van der Waals surface area contributed by atoms with Crippen molar-refractivity contribution in [2.45, 2.75) is 22.7 Å². The fourth-order valence-electron chi connectivity index (χ4n) is 4.22. The monoisotopic (exact) mass is 608 g/mol. The van der Waals surface area contributed by atoms with Crippen molar-refractivity contribution < 1.29 is 23.9 Å². The smallest absolute Gasteiger partial charge is 0.356 e. The highest BCUT2D eigenvalue weighted by molar-refractivity contribution is 8.06. The van der Waals surface area contributed by atoms with Gasteiger partial charge in [-0.1, -0.05) is 72.4 Å². The van der Waals surface area contributed by atoms with E-state index in [4.69, 9.17) is 10.5 Å². The lowest BCUT2D eigenvalue weighted by molar-refractivity contribution is -0.154. The Labute approximate surface area is 247 Å². The van der Waals surface area contributed by atoms with Gasteiger partial charge in [0.1, 0.15) is 23.4 Å². The van der Waals surface area contributed by atoms with E-state index >= 15 is 0 Å². The number of ether oxygens (including phenoxy) is 1. The molecular formula is C27H24N6O5S3. The lowest BCUT2D eigenvalue weighted by Gasteiger charge is -2.49. The Morgan fingerprint density at radius 2 is 1.83 bits per heavy atom. The lowest BCUT2D eigenvalue weighted by Crippen LogP contribution is -2.70. The van der Waals surface area contributed by atoms with Crippen molar-refractivity contribution in [1.29, 1.82) is 0 Å². The fourth-order valence-corrected chi connectivity index (χ4v) is 7.13. The summed E-state index contributed by atoms with van der Waals surface area (Å²) in [5.41, 5.74) is 6.72. The van der Waals surface area contributed by atoms with Crippen molar-refractivity contribution in [3.8, 4) is 0 Å². The molecule has 11 nitrogen and oxygen atoms in total. The number of nitrogens with zero attached hydrogens (tertiary/aromatic N) is 3. The van der Waals surface area contributed by atoms with Crippen LogP contribution in [0.3, 0.4) is 0 Å². The molecule has 2 aromatic carbocycles. The van der Waals surface area contributed by atoms with Crippen molar-refractivity contribution in [3.05, 3.63) is 100 Å². The Balaban J connectivity index is 1.39. The standard InChI is InChI=1S/C27H24N6O5S3/c28-19(34)11-12-39-14-20(35)31-21-24(36)33-22(18(13-40-25(21)33)41-27-29-15-30-32-27)26(37)38-23(16-7-3-1-4-8-16)17-9-5-2-6-10-17/h1-12,15,21,23,25H,13-14H2,(H2,28,34)(H,31,35)(H,29,30,32)/b12-11+/t21-,25-/m1/s1. The molecule has 210 valence electrons. The third-order valence-electron chi connectivity index (χ3n) is 6.03. The number of esters is 1. The van der Waals surface area contributed by atoms with Gasteiger partial charge in [-0.15, -0.1) is 33.7 Å². The number of carbonyl (C=O) groups excluding carboxylic acids is 4. The van der Waals surface area contributed by atoms with Gasteiger partial charge in [-0.2, -0.15) is 0 Å². The molecule has 3 aromatic rings. The Kier molecular flexibility index (Phi) is 9.11. The van der Waals surface area contributed by atoms with Crippen LogP contribution in [0.15, 0.2) is 94.2 Å². The van der Waals surface area contributed by atoms with E-state index in [1.54, 1.807) is 0 Å². The van der Waals surface area contributed by atoms with E-state index in [2.05, 4.69) is 20.5 Å². The molecule has 14 heteroatoms. The highest BCUT2D eigenvalue weighted by atomic mass is 32.2. The van der Waals surface area contributed by atoms with Crippen LogP contribution in [0.1, 0.15) is 17.2 Å². The maximum absolute atomic E-state index is 13.9. The molecule has 0 saturated carbocycles. The third-order valence-corrected chi connectivity index (χ3v) is 9.23. The number of rotatable bonds is 11. The zero-order chi connectivity index (χ0) is 28.8. The molecule has 1 fully saturated rings. The van der Waals surface area contributed by atoms with Crippen LogP contribution in [0.2, 0.25) is 0 Å². The number of hydrogen-bond donors (Lipinski definition) is 3. The van der Waals surface area contributed by atoms with Gasteiger partial charge in [0, 0.05) is 16.7 Å². The molecule has 5 rings (SSSR count). The van der Waals surface area contributed by atoms with E-state index in [1.165, 1.54) is 40.2 Å². The predicted octanol–water partition coefficient (Wildman–Crippen LogP) is 2.57. The number of β-lactam (4-membered cyclic amide) rings is 1. The minimum atomic E-state index is -0.813. The van der Waals surface area contributed by atoms with Gasteiger partial charge in [0.25, 0.3) is 5.91 Å². The van der Waals surface area contributed by atoms with E-state index in [-0.39, 0.29) is 17.4 Å². The number of benzene rings is 2. The molecule has 2 atom stereocenters. The molecule has 0 aliphatic carbocycles. The second kappa shape index (κ2) is 13.1. The summed E-state index contributed by atoms with van der Waals surface area (Å²) in [5, 5.41) is 11.9. The molecule has 41 heavy (non-hydrogen) atoms. The third kappa shape index (κ3) is 6.66. The Bertz CT molecular complexity index is 1440. The number of aromatic amines is 1. The van der Waals surface area contributed by atoms with Crippen molar-refractivity contribution in [2.24, 2.45) is 5.73 Å². The van der Waals surface area contributed by atoms with Crippen LogP contribution < -0.4 is 11.1 Å². The van der Waals surface area contributed by atoms with Gasteiger partial charge in [0.15, 0.2) is 11.3 Å². The number of amides is 3. The van der Waals surface area contributed by atoms with Crippen LogP contribution in [0.4, 0.5) is 0 Å². The van der Waals surface area contributed by atoms with Crippen molar-refractivity contribution in [1.82, 2.24) is 25.4 Å². The minimum absolute atomic E-state index is 0.00187. The van der Waals surface area contributed by atoms with Crippen LogP contribution in [-0.2, 0) is 23.9 Å². The quantitative estimate of drug-likeness (QED) is 0.168. The number of nitrogens with one attached hydrogen (secondary N) is 2. The van der Waals surface area contributed by atoms with Gasteiger partial charge >= 0.3 is 5.97 Å². The lowest BCUT2D eigenvalue weighted by atomic mass is 10.0. The molecule has 4 N–H and O–H groups in total. The van der Waals surface area contributed by atoms with E-state index in [1.807, 2.05) is 60.7 Å². The Morgan fingerprint density at radius 3 is 2.44 bits per heavy atom. The van der Waals surface area contributed by atoms with E-state index in [9.17, 15) is 19.2 Å². The van der Waals surface area contributed by atoms with Gasteiger partial charge in [0.2, 0.25) is 11.8 Å². The van der Waals surface area contributed by atoms with Crippen molar-refractivity contribution in [3.63, 3.8) is 0 Å². The fraction of sp³-hybridized carbons (Fsp3) is 0.185. The molecule has 0 bridgehead atoms. The highest BCUT2D eigenvalue weighted by Gasteiger charge is 2.55. The van der Waals surface area contributed by atoms with Crippen LogP contribution in [0.25, 0.3) is 0 Å². The molecule has 1 aromatic heterocycles.